The van der Waals surface area contributed by atoms with Crippen molar-refractivity contribution in [2.75, 3.05) is 7.05 Å². The smallest absolute Gasteiger partial charge is 0.129 e. The van der Waals surface area contributed by atoms with Crippen molar-refractivity contribution in [1.82, 2.24) is 9.88 Å². The molecule has 0 aliphatic carbocycles. The normalized spacial score (nSPS) is 10.9. The molecule has 0 saturated carbocycles. The summed E-state index contributed by atoms with van der Waals surface area (Å²) in [5.41, 5.74) is 1.85. The van der Waals surface area contributed by atoms with Crippen molar-refractivity contribution in [3.63, 3.8) is 0 Å². The molecule has 18 heavy (non-hydrogen) atoms. The van der Waals surface area contributed by atoms with Crippen molar-refractivity contribution >= 4 is 11.6 Å². The summed E-state index contributed by atoms with van der Waals surface area (Å²) in [6.45, 7) is 1.35. The number of rotatable bonds is 4. The number of hydrogen-bond acceptors (Lipinski definition) is 2. The minimum absolute atomic E-state index is 0.207. The summed E-state index contributed by atoms with van der Waals surface area (Å²) in [6, 6.07) is 12.2. The Kier molecular flexibility index (Phi) is 4.28. The number of hydrogen-bond donors (Lipinski definition) is 0. The van der Waals surface area contributed by atoms with Gasteiger partial charge in [-0.1, -0.05) is 29.8 Å². The van der Waals surface area contributed by atoms with Gasteiger partial charge in [-0.2, -0.15) is 0 Å². The third kappa shape index (κ3) is 3.79. The van der Waals surface area contributed by atoms with Crippen molar-refractivity contribution in [3.05, 3.63) is 64.7 Å². The monoisotopic (exact) mass is 264 g/mol. The zero-order valence-corrected chi connectivity index (χ0v) is 10.9. The van der Waals surface area contributed by atoms with E-state index in [0.29, 0.717) is 18.2 Å². The Morgan fingerprint density at radius 2 is 1.94 bits per heavy atom. The molecule has 1 aromatic heterocycles. The van der Waals surface area contributed by atoms with Crippen LogP contribution in [0.1, 0.15) is 11.3 Å². The van der Waals surface area contributed by atoms with Crippen molar-refractivity contribution in [2.45, 2.75) is 13.1 Å². The molecule has 0 aliphatic heterocycles. The van der Waals surface area contributed by atoms with Crippen LogP contribution < -0.4 is 0 Å². The number of aromatic nitrogens is 1. The topological polar surface area (TPSA) is 16.1 Å². The fourth-order valence-electron chi connectivity index (χ4n) is 1.82. The third-order valence-electron chi connectivity index (χ3n) is 2.55. The fourth-order valence-corrected chi connectivity index (χ4v) is 2.00. The minimum Gasteiger partial charge on any atom is -0.296 e. The first-order valence-corrected chi connectivity index (χ1v) is 6.06. The third-order valence-corrected chi connectivity index (χ3v) is 2.76. The van der Waals surface area contributed by atoms with Gasteiger partial charge in [-0.05, 0) is 36.9 Å². The van der Waals surface area contributed by atoms with Gasteiger partial charge < -0.3 is 0 Å². The predicted octanol–water partition coefficient (Wildman–Crippen LogP) is 3.51. The number of pyridine rings is 1. The van der Waals surface area contributed by atoms with Gasteiger partial charge in [0.2, 0.25) is 0 Å². The van der Waals surface area contributed by atoms with Crippen molar-refractivity contribution in [1.29, 1.82) is 0 Å². The van der Waals surface area contributed by atoms with E-state index in [4.69, 9.17) is 11.6 Å². The second kappa shape index (κ2) is 5.94. The van der Waals surface area contributed by atoms with Gasteiger partial charge in [0.25, 0.3) is 0 Å². The number of halogens is 2. The molecule has 0 unspecified atom stereocenters. The Hall–Kier alpha value is -1.45. The first-order chi connectivity index (χ1) is 8.63. The summed E-state index contributed by atoms with van der Waals surface area (Å²) in [6.07, 6.45) is 0. The molecule has 0 bridgehead atoms. The van der Waals surface area contributed by atoms with Crippen molar-refractivity contribution in [3.8, 4) is 0 Å². The number of nitrogens with zero attached hydrogens (tertiary/aromatic N) is 2. The van der Waals surface area contributed by atoms with Gasteiger partial charge in [0, 0.05) is 13.1 Å². The lowest BCUT2D eigenvalue weighted by Gasteiger charge is -2.16. The summed E-state index contributed by atoms with van der Waals surface area (Å²) in [5, 5.41) is 0.492. The van der Waals surface area contributed by atoms with E-state index in [2.05, 4.69) is 9.88 Å². The van der Waals surface area contributed by atoms with Gasteiger partial charge in [-0.3, -0.25) is 4.90 Å². The molecule has 0 amide bonds. The van der Waals surface area contributed by atoms with Crippen LogP contribution in [0.25, 0.3) is 0 Å². The van der Waals surface area contributed by atoms with Crippen LogP contribution in [0.5, 0.6) is 0 Å². The SMILES string of the molecule is CN(Cc1cccc(F)c1)Cc1cccc(Cl)n1. The van der Waals surface area contributed by atoms with E-state index in [1.165, 1.54) is 6.07 Å². The Balaban J connectivity index is 1.98. The molecule has 94 valence electrons. The van der Waals surface area contributed by atoms with Crippen LogP contribution >= 0.6 is 11.6 Å². The van der Waals surface area contributed by atoms with E-state index < -0.39 is 0 Å². The van der Waals surface area contributed by atoms with E-state index in [1.54, 1.807) is 18.2 Å². The second-order valence-corrected chi connectivity index (χ2v) is 4.64. The van der Waals surface area contributed by atoms with Crippen LogP contribution in [0.3, 0.4) is 0 Å². The summed E-state index contributed by atoms with van der Waals surface area (Å²) in [5.74, 6) is -0.207. The van der Waals surface area contributed by atoms with Gasteiger partial charge in [0.15, 0.2) is 0 Å². The molecular formula is C14H14ClFN2. The zero-order chi connectivity index (χ0) is 13.0. The Morgan fingerprint density at radius 3 is 2.67 bits per heavy atom. The molecule has 0 saturated heterocycles. The molecule has 1 aromatic carbocycles. The highest BCUT2D eigenvalue weighted by molar-refractivity contribution is 6.29. The van der Waals surface area contributed by atoms with Gasteiger partial charge >= 0.3 is 0 Å². The zero-order valence-electron chi connectivity index (χ0n) is 10.1. The second-order valence-electron chi connectivity index (χ2n) is 4.25. The molecule has 0 aliphatic rings. The van der Waals surface area contributed by atoms with Crippen LogP contribution in [0.2, 0.25) is 5.15 Å². The molecule has 0 atom stereocenters. The highest BCUT2D eigenvalue weighted by Gasteiger charge is 2.04. The van der Waals surface area contributed by atoms with E-state index in [1.807, 2.05) is 25.2 Å². The van der Waals surface area contributed by atoms with Crippen LogP contribution in [-0.2, 0) is 13.1 Å². The molecule has 0 spiro atoms. The largest absolute Gasteiger partial charge is 0.296 e. The fraction of sp³-hybridized carbons (Fsp3) is 0.214. The molecular weight excluding hydrogens is 251 g/mol. The Labute approximate surface area is 111 Å². The van der Waals surface area contributed by atoms with Gasteiger partial charge in [-0.25, -0.2) is 9.37 Å². The lowest BCUT2D eigenvalue weighted by atomic mass is 10.2. The van der Waals surface area contributed by atoms with E-state index in [-0.39, 0.29) is 5.82 Å². The van der Waals surface area contributed by atoms with Crippen LogP contribution in [-0.4, -0.2) is 16.9 Å². The summed E-state index contributed by atoms with van der Waals surface area (Å²) >= 11 is 5.83. The van der Waals surface area contributed by atoms with Crippen LogP contribution in [0.4, 0.5) is 4.39 Å². The molecule has 2 nitrogen and oxygen atoms in total. The first kappa shape index (κ1) is 13.0. The quantitative estimate of drug-likeness (QED) is 0.786. The van der Waals surface area contributed by atoms with Crippen molar-refractivity contribution < 1.29 is 4.39 Å². The highest BCUT2D eigenvalue weighted by atomic mass is 35.5. The summed E-state index contributed by atoms with van der Waals surface area (Å²) in [7, 11) is 1.97. The maximum Gasteiger partial charge on any atom is 0.129 e. The van der Waals surface area contributed by atoms with Crippen LogP contribution in [0.15, 0.2) is 42.5 Å². The van der Waals surface area contributed by atoms with Gasteiger partial charge in [0.05, 0.1) is 5.69 Å². The lowest BCUT2D eigenvalue weighted by molar-refractivity contribution is 0.314. The first-order valence-electron chi connectivity index (χ1n) is 5.68. The molecule has 0 fully saturated rings. The average molecular weight is 265 g/mol. The maximum absolute atomic E-state index is 13.0. The molecule has 2 aromatic rings. The minimum atomic E-state index is -0.207. The molecule has 4 heteroatoms. The average Bonchev–Trinajstić information content (AvgIpc) is 2.28. The van der Waals surface area contributed by atoms with E-state index >= 15 is 0 Å². The maximum atomic E-state index is 13.0. The van der Waals surface area contributed by atoms with E-state index in [9.17, 15) is 4.39 Å². The molecule has 0 radical (unpaired) electrons. The molecule has 2 rings (SSSR count). The van der Waals surface area contributed by atoms with Crippen molar-refractivity contribution in [2.24, 2.45) is 0 Å². The standard InChI is InChI=1S/C14H14ClFN2/c1-18(9-11-4-2-5-12(16)8-11)10-13-6-3-7-14(15)17-13/h2-8H,9-10H2,1H3. The molecule has 1 heterocycles. The summed E-state index contributed by atoms with van der Waals surface area (Å²) < 4.78 is 13.0. The highest BCUT2D eigenvalue weighted by Crippen LogP contribution is 2.10. The summed E-state index contributed by atoms with van der Waals surface area (Å²) in [4.78, 5) is 6.28. The van der Waals surface area contributed by atoms with Crippen LogP contribution in [0, 0.1) is 5.82 Å². The molecule has 0 N–H and O–H groups in total. The predicted molar refractivity (Wildman–Crippen MR) is 70.8 cm³/mol. The number of benzene rings is 1. The lowest BCUT2D eigenvalue weighted by Crippen LogP contribution is -2.18. The van der Waals surface area contributed by atoms with Gasteiger partial charge in [-0.15, -0.1) is 0 Å². The Morgan fingerprint density at radius 1 is 1.17 bits per heavy atom. The van der Waals surface area contributed by atoms with Gasteiger partial charge in [0.1, 0.15) is 11.0 Å². The van der Waals surface area contributed by atoms with E-state index in [0.717, 1.165) is 11.3 Å². The Bertz CT molecular complexity index is 483.